The number of imidazole rings is 1. The molecule has 1 N–H and O–H groups in total. The maximum Gasteiger partial charge on any atom is 0.356 e. The van der Waals surface area contributed by atoms with Gasteiger partial charge in [-0.05, 0) is 0 Å². The number of hydrogen-bond acceptors (Lipinski definition) is 4. The summed E-state index contributed by atoms with van der Waals surface area (Å²) < 4.78 is 3.23. The van der Waals surface area contributed by atoms with Gasteiger partial charge in [-0.15, -0.1) is 5.10 Å². The largest absolute Gasteiger partial charge is 0.476 e. The number of carboxylic acids is 1. The van der Waals surface area contributed by atoms with Crippen LogP contribution in [0.2, 0.25) is 0 Å². The van der Waals surface area contributed by atoms with Crippen molar-refractivity contribution in [2.24, 2.45) is 7.05 Å². The lowest BCUT2D eigenvalue weighted by Gasteiger charge is -1.95. The second kappa shape index (κ2) is 3.52. The maximum absolute atomic E-state index is 10.6. The topological polar surface area (TPSA) is 85.8 Å². The zero-order chi connectivity index (χ0) is 10.8. The van der Waals surface area contributed by atoms with E-state index in [0.717, 1.165) is 5.69 Å². The van der Waals surface area contributed by atoms with E-state index in [1.165, 1.54) is 12.5 Å². The second-order valence-corrected chi connectivity index (χ2v) is 3.12. The van der Waals surface area contributed by atoms with Crippen molar-refractivity contribution in [1.82, 2.24) is 24.5 Å². The highest BCUT2D eigenvalue weighted by atomic mass is 16.4. The number of nitrogens with zero attached hydrogens (tertiary/aromatic N) is 5. The van der Waals surface area contributed by atoms with E-state index in [-0.39, 0.29) is 5.69 Å². The molecule has 0 fully saturated rings. The maximum atomic E-state index is 10.6. The zero-order valence-electron chi connectivity index (χ0n) is 8.03. The number of hydrogen-bond donors (Lipinski definition) is 1. The Labute approximate surface area is 85.0 Å². The predicted octanol–water partition coefficient (Wildman–Crippen LogP) is -0.242. The number of carbonyl (C=O) groups is 1. The molecule has 15 heavy (non-hydrogen) atoms. The van der Waals surface area contributed by atoms with Gasteiger partial charge in [0.25, 0.3) is 0 Å². The lowest BCUT2D eigenvalue weighted by Crippen LogP contribution is -1.98. The molecule has 0 amide bonds. The van der Waals surface area contributed by atoms with Crippen LogP contribution < -0.4 is 0 Å². The third-order valence-corrected chi connectivity index (χ3v) is 1.85. The molecule has 2 heterocycles. The van der Waals surface area contributed by atoms with E-state index in [0.29, 0.717) is 6.54 Å². The molecule has 0 saturated heterocycles. The SMILES string of the molecule is Cn1cc(Cn2cnc(C(=O)O)c2)nn1. The molecule has 0 unspecified atom stereocenters. The minimum absolute atomic E-state index is 0.0268. The number of aromatic nitrogens is 5. The first kappa shape index (κ1) is 9.38. The highest BCUT2D eigenvalue weighted by Crippen LogP contribution is 2.00. The van der Waals surface area contributed by atoms with Crippen molar-refractivity contribution in [3.63, 3.8) is 0 Å². The molecule has 2 rings (SSSR count). The Morgan fingerprint density at radius 2 is 2.33 bits per heavy atom. The Balaban J connectivity index is 2.14. The van der Waals surface area contributed by atoms with Crippen LogP contribution in [0, 0.1) is 0 Å². The van der Waals surface area contributed by atoms with Gasteiger partial charge >= 0.3 is 5.97 Å². The average molecular weight is 207 g/mol. The predicted molar refractivity (Wildman–Crippen MR) is 49.3 cm³/mol. The van der Waals surface area contributed by atoms with Crippen molar-refractivity contribution in [3.8, 4) is 0 Å². The third-order valence-electron chi connectivity index (χ3n) is 1.85. The van der Waals surface area contributed by atoms with Gasteiger partial charge in [0.05, 0.1) is 12.9 Å². The Kier molecular flexibility index (Phi) is 2.20. The molecular weight excluding hydrogens is 198 g/mol. The minimum Gasteiger partial charge on any atom is -0.476 e. The summed E-state index contributed by atoms with van der Waals surface area (Å²) in [5, 5.41) is 16.3. The molecule has 78 valence electrons. The van der Waals surface area contributed by atoms with Crippen LogP contribution in [0.15, 0.2) is 18.7 Å². The van der Waals surface area contributed by atoms with Crippen molar-refractivity contribution in [1.29, 1.82) is 0 Å². The van der Waals surface area contributed by atoms with E-state index >= 15 is 0 Å². The van der Waals surface area contributed by atoms with E-state index in [2.05, 4.69) is 15.3 Å². The van der Waals surface area contributed by atoms with Gasteiger partial charge in [0.15, 0.2) is 5.69 Å². The molecule has 2 aromatic heterocycles. The van der Waals surface area contributed by atoms with Crippen LogP contribution in [0.3, 0.4) is 0 Å². The fourth-order valence-electron chi connectivity index (χ4n) is 1.21. The van der Waals surface area contributed by atoms with Gasteiger partial charge in [0.1, 0.15) is 5.69 Å². The van der Waals surface area contributed by atoms with Crippen LogP contribution in [0.25, 0.3) is 0 Å². The molecule has 2 aromatic rings. The van der Waals surface area contributed by atoms with E-state index < -0.39 is 5.97 Å². The summed E-state index contributed by atoms with van der Waals surface area (Å²) >= 11 is 0. The lowest BCUT2D eigenvalue weighted by atomic mass is 10.4. The lowest BCUT2D eigenvalue weighted by molar-refractivity contribution is 0.0691. The zero-order valence-corrected chi connectivity index (χ0v) is 8.03. The summed E-state index contributed by atoms with van der Waals surface area (Å²) in [6.07, 6.45) is 4.68. The van der Waals surface area contributed by atoms with Crippen LogP contribution in [0.4, 0.5) is 0 Å². The van der Waals surface area contributed by atoms with Crippen LogP contribution in [-0.4, -0.2) is 35.6 Å². The normalized spacial score (nSPS) is 10.5. The Morgan fingerprint density at radius 3 is 2.87 bits per heavy atom. The van der Waals surface area contributed by atoms with Crippen LogP contribution >= 0.6 is 0 Å². The summed E-state index contributed by atoms with van der Waals surface area (Å²) in [4.78, 5) is 14.3. The number of carboxylic acid groups (broad SMARTS) is 1. The highest BCUT2D eigenvalue weighted by molar-refractivity contribution is 5.84. The van der Waals surface area contributed by atoms with E-state index in [4.69, 9.17) is 5.11 Å². The first-order valence-electron chi connectivity index (χ1n) is 4.25. The Morgan fingerprint density at radius 1 is 1.53 bits per heavy atom. The van der Waals surface area contributed by atoms with Gasteiger partial charge in [-0.1, -0.05) is 5.21 Å². The van der Waals surface area contributed by atoms with E-state index in [9.17, 15) is 4.79 Å². The monoisotopic (exact) mass is 207 g/mol. The molecule has 0 aromatic carbocycles. The number of aryl methyl sites for hydroxylation is 1. The highest BCUT2D eigenvalue weighted by Gasteiger charge is 2.07. The van der Waals surface area contributed by atoms with E-state index in [1.54, 1.807) is 22.5 Å². The second-order valence-electron chi connectivity index (χ2n) is 3.12. The molecule has 7 nitrogen and oxygen atoms in total. The van der Waals surface area contributed by atoms with Crippen molar-refractivity contribution >= 4 is 5.97 Å². The molecule has 0 aliphatic carbocycles. The molecule has 0 spiro atoms. The molecule has 0 aliphatic heterocycles. The van der Waals surface area contributed by atoms with Crippen molar-refractivity contribution in [2.75, 3.05) is 0 Å². The van der Waals surface area contributed by atoms with Gasteiger partial charge in [-0.2, -0.15) is 0 Å². The van der Waals surface area contributed by atoms with Gasteiger partial charge in [0.2, 0.25) is 0 Å². The minimum atomic E-state index is -1.03. The van der Waals surface area contributed by atoms with Crippen molar-refractivity contribution < 1.29 is 9.90 Å². The molecule has 0 saturated carbocycles. The summed E-state index contributed by atoms with van der Waals surface area (Å²) in [6.45, 7) is 0.466. The van der Waals surface area contributed by atoms with Gasteiger partial charge in [0, 0.05) is 19.4 Å². The fourth-order valence-corrected chi connectivity index (χ4v) is 1.21. The molecule has 0 aliphatic rings. The standard InChI is InChI=1S/C8H9N5O2/c1-12-2-6(10-11-12)3-13-4-7(8(14)15)9-5-13/h2,4-5H,3H2,1H3,(H,14,15). The average Bonchev–Trinajstić information content (AvgIpc) is 2.76. The van der Waals surface area contributed by atoms with Gasteiger partial charge < -0.3 is 9.67 Å². The summed E-state index contributed by atoms with van der Waals surface area (Å²) in [7, 11) is 1.77. The molecule has 0 atom stereocenters. The molecular formula is C8H9N5O2. The summed E-state index contributed by atoms with van der Waals surface area (Å²) in [6, 6.07) is 0. The Hall–Kier alpha value is -2.18. The Bertz CT molecular complexity index is 487. The summed E-state index contributed by atoms with van der Waals surface area (Å²) in [5.41, 5.74) is 0.783. The third kappa shape index (κ3) is 2.01. The van der Waals surface area contributed by atoms with Crippen LogP contribution in [0.5, 0.6) is 0 Å². The molecule has 0 radical (unpaired) electrons. The number of rotatable bonds is 3. The molecule has 0 bridgehead atoms. The van der Waals surface area contributed by atoms with Crippen molar-refractivity contribution in [2.45, 2.75) is 6.54 Å². The van der Waals surface area contributed by atoms with Gasteiger partial charge in [-0.3, -0.25) is 4.68 Å². The fraction of sp³-hybridized carbons (Fsp3) is 0.250. The smallest absolute Gasteiger partial charge is 0.356 e. The van der Waals surface area contributed by atoms with Crippen LogP contribution in [-0.2, 0) is 13.6 Å². The van der Waals surface area contributed by atoms with Gasteiger partial charge in [-0.25, -0.2) is 9.78 Å². The quantitative estimate of drug-likeness (QED) is 0.750. The van der Waals surface area contributed by atoms with Crippen molar-refractivity contribution in [3.05, 3.63) is 30.1 Å². The van der Waals surface area contributed by atoms with E-state index in [1.807, 2.05) is 0 Å². The first-order chi connectivity index (χ1) is 7.15. The van der Waals surface area contributed by atoms with Crippen LogP contribution in [0.1, 0.15) is 16.2 Å². The first-order valence-corrected chi connectivity index (χ1v) is 4.25. The summed E-state index contributed by atoms with van der Waals surface area (Å²) in [5.74, 6) is -1.03. The molecule has 7 heteroatoms. The number of aromatic carboxylic acids is 1.